The molecule has 0 radical (unpaired) electrons. The Morgan fingerprint density at radius 1 is 1.42 bits per heavy atom. The van der Waals surface area contributed by atoms with Crippen molar-refractivity contribution in [2.24, 2.45) is 0 Å². The van der Waals surface area contributed by atoms with Crippen molar-refractivity contribution < 1.29 is 14.6 Å². The Morgan fingerprint density at radius 3 is 2.62 bits per heavy atom. The van der Waals surface area contributed by atoms with Crippen molar-refractivity contribution in [2.45, 2.75) is 53.2 Å². The largest absolute Gasteiger partial charge is 0.462 e. The summed E-state index contributed by atoms with van der Waals surface area (Å²) >= 11 is 0. The third-order valence-corrected chi connectivity index (χ3v) is 3.82. The number of carbonyl (C=O) groups excluding carboxylic acids is 1. The highest BCUT2D eigenvalue weighted by Gasteiger charge is 2.30. The fourth-order valence-electron chi connectivity index (χ4n) is 2.77. The van der Waals surface area contributed by atoms with Gasteiger partial charge >= 0.3 is 5.97 Å². The molecule has 5 nitrogen and oxygen atoms in total. The van der Waals surface area contributed by atoms with Crippen LogP contribution in [0.5, 0.6) is 0 Å². The van der Waals surface area contributed by atoms with Gasteiger partial charge in [-0.25, -0.2) is 4.79 Å². The minimum absolute atomic E-state index is 0.111. The third kappa shape index (κ3) is 3.44. The van der Waals surface area contributed by atoms with Gasteiger partial charge < -0.3 is 14.4 Å². The van der Waals surface area contributed by atoms with Gasteiger partial charge in [-0.05, 0) is 34.6 Å². The minimum atomic E-state index is -1.17. The van der Waals surface area contributed by atoms with Gasteiger partial charge in [-0.2, -0.15) is 0 Å². The number of hydrogen-bond acceptors (Lipinski definition) is 4. The van der Waals surface area contributed by atoms with Crippen molar-refractivity contribution in [3.8, 4) is 11.8 Å². The Balaban J connectivity index is 2.73. The van der Waals surface area contributed by atoms with E-state index in [9.17, 15) is 14.7 Å². The van der Waals surface area contributed by atoms with Gasteiger partial charge in [-0.3, -0.25) is 4.79 Å². The van der Waals surface area contributed by atoms with E-state index in [1.165, 1.54) is 0 Å². The molecule has 0 atom stereocenters. The summed E-state index contributed by atoms with van der Waals surface area (Å²) in [5.74, 6) is 5.26. The smallest absolute Gasteiger partial charge is 0.338 e. The van der Waals surface area contributed by atoms with Gasteiger partial charge in [0.05, 0.1) is 12.2 Å². The van der Waals surface area contributed by atoms with Crippen LogP contribution in [0.15, 0.2) is 16.6 Å². The van der Waals surface area contributed by atoms with E-state index in [0.29, 0.717) is 35.2 Å². The molecule has 1 aliphatic carbocycles. The number of nitrogens with zero attached hydrogens (tertiary/aromatic N) is 1. The average Bonchev–Trinajstić information content (AvgIpc) is 2.84. The van der Waals surface area contributed by atoms with Crippen molar-refractivity contribution in [3.05, 3.63) is 38.8 Å². The van der Waals surface area contributed by atoms with E-state index >= 15 is 0 Å². The molecule has 1 N–H and O–H groups in total. The number of hydrogen-bond donors (Lipinski definition) is 1. The van der Waals surface area contributed by atoms with Crippen LogP contribution in [0.3, 0.4) is 0 Å². The van der Waals surface area contributed by atoms with Crippen LogP contribution >= 0.6 is 0 Å². The predicted octanol–water partition coefficient (Wildman–Crippen LogP) is 1.88. The number of allylic oxidation sites excluding steroid dienone is 1. The van der Waals surface area contributed by atoms with E-state index in [0.717, 1.165) is 5.57 Å². The SMILES string of the molecule is CCOC(=O)C1=C(C)Cc2c1c(C#CC(C)(C)O)cn(CC)c2=O. The molecule has 0 spiro atoms. The number of ether oxygens (including phenoxy) is 1. The molecule has 5 heteroatoms. The number of esters is 1. The molecule has 0 amide bonds. The van der Waals surface area contributed by atoms with Crippen molar-refractivity contribution in [1.82, 2.24) is 4.57 Å². The maximum Gasteiger partial charge on any atom is 0.338 e. The van der Waals surface area contributed by atoms with Crippen LogP contribution in [0.4, 0.5) is 0 Å². The standard InChI is InChI=1S/C19H23NO4/c1-6-20-11-13(8-9-19(4,5)23)16-14(17(20)21)10-12(3)15(16)18(22)24-7-2/h11,23H,6-7,10H2,1-5H3. The molecule has 1 aliphatic rings. The molecule has 128 valence electrons. The lowest BCUT2D eigenvalue weighted by atomic mass is 10.00. The maximum absolute atomic E-state index is 12.6. The van der Waals surface area contributed by atoms with Gasteiger partial charge in [0, 0.05) is 35.9 Å². The number of fused-ring (bicyclic) bond motifs is 1. The zero-order valence-electron chi connectivity index (χ0n) is 14.8. The Labute approximate surface area is 142 Å². The first kappa shape index (κ1) is 18.0. The minimum Gasteiger partial charge on any atom is -0.462 e. The van der Waals surface area contributed by atoms with Crippen LogP contribution in [0, 0.1) is 11.8 Å². The van der Waals surface area contributed by atoms with Crippen molar-refractivity contribution in [1.29, 1.82) is 0 Å². The number of rotatable bonds is 3. The molecular weight excluding hydrogens is 306 g/mol. The summed E-state index contributed by atoms with van der Waals surface area (Å²) in [6.07, 6.45) is 2.07. The highest BCUT2D eigenvalue weighted by molar-refractivity contribution is 6.19. The second-order valence-electron chi connectivity index (χ2n) is 6.35. The van der Waals surface area contributed by atoms with E-state index in [1.807, 2.05) is 13.8 Å². The van der Waals surface area contributed by atoms with Crippen LogP contribution in [-0.2, 0) is 22.5 Å². The van der Waals surface area contributed by atoms with Gasteiger partial charge in [-0.15, -0.1) is 0 Å². The van der Waals surface area contributed by atoms with Crippen molar-refractivity contribution in [3.63, 3.8) is 0 Å². The van der Waals surface area contributed by atoms with E-state index in [-0.39, 0.29) is 12.2 Å². The number of pyridine rings is 1. The van der Waals surface area contributed by atoms with Crippen LogP contribution in [0.2, 0.25) is 0 Å². The molecule has 1 heterocycles. The molecule has 1 aromatic heterocycles. The lowest BCUT2D eigenvalue weighted by Gasteiger charge is -2.12. The van der Waals surface area contributed by atoms with Crippen LogP contribution in [0.25, 0.3) is 5.57 Å². The Bertz CT molecular complexity index is 826. The highest BCUT2D eigenvalue weighted by Crippen LogP contribution is 2.34. The highest BCUT2D eigenvalue weighted by atomic mass is 16.5. The zero-order valence-corrected chi connectivity index (χ0v) is 14.8. The summed E-state index contributed by atoms with van der Waals surface area (Å²) < 4.78 is 6.72. The first-order valence-corrected chi connectivity index (χ1v) is 8.08. The van der Waals surface area contributed by atoms with Crippen LogP contribution in [-0.4, -0.2) is 27.9 Å². The zero-order chi connectivity index (χ0) is 18.1. The molecule has 0 bridgehead atoms. The van der Waals surface area contributed by atoms with Crippen molar-refractivity contribution in [2.75, 3.05) is 6.61 Å². The third-order valence-electron chi connectivity index (χ3n) is 3.82. The quantitative estimate of drug-likeness (QED) is 0.679. The normalized spacial score (nSPS) is 13.4. The summed E-state index contributed by atoms with van der Waals surface area (Å²) in [4.78, 5) is 25.0. The lowest BCUT2D eigenvalue weighted by molar-refractivity contribution is -0.136. The molecule has 24 heavy (non-hydrogen) atoms. The summed E-state index contributed by atoms with van der Waals surface area (Å²) in [6.45, 7) is 9.40. The van der Waals surface area contributed by atoms with Gasteiger partial charge in [0.2, 0.25) is 0 Å². The summed E-state index contributed by atoms with van der Waals surface area (Å²) in [5.41, 5.74) is 1.64. The molecule has 0 saturated carbocycles. The molecule has 0 unspecified atom stereocenters. The molecule has 0 fully saturated rings. The number of aryl methyl sites for hydroxylation is 1. The summed E-state index contributed by atoms with van der Waals surface area (Å²) in [5, 5.41) is 9.87. The number of aliphatic hydroxyl groups is 1. The molecule has 0 aliphatic heterocycles. The average molecular weight is 329 g/mol. The van der Waals surface area contributed by atoms with E-state index < -0.39 is 11.6 Å². The van der Waals surface area contributed by atoms with Gasteiger partial charge in [0.25, 0.3) is 5.56 Å². The van der Waals surface area contributed by atoms with Gasteiger partial charge in [0.1, 0.15) is 5.60 Å². The fraction of sp³-hybridized carbons (Fsp3) is 0.474. The van der Waals surface area contributed by atoms with Gasteiger partial charge in [-0.1, -0.05) is 17.4 Å². The predicted molar refractivity (Wildman–Crippen MR) is 92.5 cm³/mol. The second kappa shape index (κ2) is 6.66. The molecule has 1 aromatic rings. The van der Waals surface area contributed by atoms with E-state index in [4.69, 9.17) is 4.74 Å². The summed E-state index contributed by atoms with van der Waals surface area (Å²) in [7, 11) is 0. The second-order valence-corrected chi connectivity index (χ2v) is 6.35. The number of carbonyl (C=O) groups is 1. The molecule has 0 saturated heterocycles. The first-order valence-electron chi connectivity index (χ1n) is 8.08. The van der Waals surface area contributed by atoms with Crippen LogP contribution in [0.1, 0.15) is 51.3 Å². The van der Waals surface area contributed by atoms with Crippen molar-refractivity contribution >= 4 is 11.5 Å². The first-order chi connectivity index (χ1) is 11.2. The maximum atomic E-state index is 12.6. The Hall–Kier alpha value is -2.32. The van der Waals surface area contributed by atoms with E-state index in [2.05, 4.69) is 11.8 Å². The fourth-order valence-corrected chi connectivity index (χ4v) is 2.77. The van der Waals surface area contributed by atoms with Crippen LogP contribution < -0.4 is 5.56 Å². The Kier molecular flexibility index (Phi) is 5.00. The summed E-state index contributed by atoms with van der Waals surface area (Å²) in [6, 6.07) is 0. The monoisotopic (exact) mass is 329 g/mol. The number of aromatic nitrogens is 1. The van der Waals surface area contributed by atoms with E-state index in [1.54, 1.807) is 31.5 Å². The van der Waals surface area contributed by atoms with Gasteiger partial charge in [0.15, 0.2) is 0 Å². The molecule has 2 rings (SSSR count). The topological polar surface area (TPSA) is 68.5 Å². The molecule has 0 aromatic carbocycles. The molecular formula is C19H23NO4. The Morgan fingerprint density at radius 2 is 2.08 bits per heavy atom. The lowest BCUT2D eigenvalue weighted by Crippen LogP contribution is -2.24.